The molecular weight excluding hydrogens is 470 g/mol. The molecule has 3 heterocycles. The molecule has 0 radical (unpaired) electrons. The van der Waals surface area contributed by atoms with E-state index in [0.29, 0.717) is 55.6 Å². The van der Waals surface area contributed by atoms with E-state index in [-0.39, 0.29) is 24.5 Å². The molecule has 1 unspecified atom stereocenters. The zero-order valence-electron chi connectivity index (χ0n) is 19.4. The van der Waals surface area contributed by atoms with E-state index < -0.39 is 0 Å². The molecule has 35 heavy (non-hydrogen) atoms. The first kappa shape index (κ1) is 23.3. The number of hydrogen-bond donors (Lipinski definition) is 0. The summed E-state index contributed by atoms with van der Waals surface area (Å²) in [4.78, 5) is 29.4. The summed E-state index contributed by atoms with van der Waals surface area (Å²) in [5.41, 5.74) is 2.93. The summed E-state index contributed by atoms with van der Waals surface area (Å²) in [7, 11) is 1.63. The molecular formula is C25H26ClN5O4. The second-order valence-corrected chi connectivity index (χ2v) is 9.05. The molecule has 1 aromatic heterocycles. The number of halogens is 1. The lowest BCUT2D eigenvalue weighted by Gasteiger charge is -2.34. The van der Waals surface area contributed by atoms with Gasteiger partial charge in [-0.3, -0.25) is 9.59 Å². The summed E-state index contributed by atoms with van der Waals surface area (Å²) in [6.45, 7) is 2.61. The first-order chi connectivity index (χ1) is 17.0. The van der Waals surface area contributed by atoms with Crippen molar-refractivity contribution in [1.82, 2.24) is 24.8 Å². The van der Waals surface area contributed by atoms with Crippen LogP contribution in [-0.2, 0) is 29.1 Å². The summed E-state index contributed by atoms with van der Waals surface area (Å²) >= 11 is 5.92. The van der Waals surface area contributed by atoms with Crippen molar-refractivity contribution in [3.63, 3.8) is 0 Å². The van der Waals surface area contributed by atoms with E-state index in [9.17, 15) is 9.59 Å². The number of benzene rings is 2. The fourth-order valence-electron chi connectivity index (χ4n) is 4.40. The molecule has 182 valence electrons. The van der Waals surface area contributed by atoms with Gasteiger partial charge in [0.1, 0.15) is 11.9 Å². The van der Waals surface area contributed by atoms with Crippen LogP contribution in [0.5, 0.6) is 5.75 Å². The van der Waals surface area contributed by atoms with E-state index in [4.69, 9.17) is 21.1 Å². The van der Waals surface area contributed by atoms with Crippen LogP contribution < -0.4 is 4.74 Å². The van der Waals surface area contributed by atoms with Gasteiger partial charge in [-0.05, 0) is 35.4 Å². The van der Waals surface area contributed by atoms with Gasteiger partial charge in [0.2, 0.25) is 5.91 Å². The highest BCUT2D eigenvalue weighted by Crippen LogP contribution is 2.28. The summed E-state index contributed by atoms with van der Waals surface area (Å²) in [5, 5.41) is 9.04. The van der Waals surface area contributed by atoms with Gasteiger partial charge in [-0.1, -0.05) is 41.1 Å². The van der Waals surface area contributed by atoms with E-state index in [1.807, 2.05) is 36.4 Å². The normalized spacial score (nSPS) is 17.7. The van der Waals surface area contributed by atoms with Crippen molar-refractivity contribution in [2.45, 2.75) is 25.7 Å². The van der Waals surface area contributed by atoms with Crippen molar-refractivity contribution in [3.8, 4) is 5.75 Å². The van der Waals surface area contributed by atoms with Crippen molar-refractivity contribution in [2.24, 2.45) is 0 Å². The van der Waals surface area contributed by atoms with Crippen LogP contribution in [0.3, 0.4) is 0 Å². The standard InChI is InChI=1S/C25H26ClN5O4/c1-34-20-8-4-18(5-9-20)22-15-31-21(16-35-22)24(27-28-31)25(33)30-12-10-29(11-13-30)23(32)14-17-2-6-19(26)7-3-17/h2-9,22H,10-16H2,1H3. The number of amides is 2. The molecule has 0 aliphatic carbocycles. The lowest BCUT2D eigenvalue weighted by molar-refractivity contribution is -0.131. The maximum atomic E-state index is 13.2. The monoisotopic (exact) mass is 495 g/mol. The Morgan fingerprint density at radius 1 is 1.03 bits per heavy atom. The molecule has 2 amide bonds. The Hall–Kier alpha value is -3.43. The van der Waals surface area contributed by atoms with Crippen molar-refractivity contribution in [3.05, 3.63) is 76.1 Å². The number of nitrogens with zero attached hydrogens (tertiary/aromatic N) is 5. The van der Waals surface area contributed by atoms with Gasteiger partial charge in [-0.15, -0.1) is 5.10 Å². The van der Waals surface area contributed by atoms with Gasteiger partial charge in [0.15, 0.2) is 5.69 Å². The van der Waals surface area contributed by atoms with Crippen LogP contribution in [0.1, 0.15) is 33.4 Å². The Morgan fingerprint density at radius 2 is 1.71 bits per heavy atom. The van der Waals surface area contributed by atoms with Crippen LogP contribution in [0, 0.1) is 0 Å². The number of methoxy groups -OCH3 is 1. The zero-order chi connectivity index (χ0) is 24.4. The van der Waals surface area contributed by atoms with Crippen molar-refractivity contribution >= 4 is 23.4 Å². The third-order valence-electron chi connectivity index (χ3n) is 6.48. The van der Waals surface area contributed by atoms with Crippen LogP contribution >= 0.6 is 11.6 Å². The van der Waals surface area contributed by atoms with E-state index in [0.717, 1.165) is 16.9 Å². The third-order valence-corrected chi connectivity index (χ3v) is 6.73. The number of ether oxygens (including phenoxy) is 2. The van der Waals surface area contributed by atoms with E-state index in [2.05, 4.69) is 10.3 Å². The molecule has 0 N–H and O–H groups in total. The SMILES string of the molecule is COc1ccc(C2Cn3nnc(C(=O)N4CCN(C(=O)Cc5ccc(Cl)cc5)CC4)c3CO2)cc1. The molecule has 10 heteroatoms. The topological polar surface area (TPSA) is 89.8 Å². The first-order valence-electron chi connectivity index (χ1n) is 11.5. The summed E-state index contributed by atoms with van der Waals surface area (Å²) < 4.78 is 13.0. The number of fused-ring (bicyclic) bond motifs is 1. The third kappa shape index (κ3) is 5.01. The predicted molar refractivity (Wildman–Crippen MR) is 128 cm³/mol. The highest BCUT2D eigenvalue weighted by Gasteiger charge is 2.32. The van der Waals surface area contributed by atoms with E-state index >= 15 is 0 Å². The highest BCUT2D eigenvalue weighted by molar-refractivity contribution is 6.30. The average Bonchev–Trinajstić information content (AvgIpc) is 3.33. The van der Waals surface area contributed by atoms with E-state index in [1.165, 1.54) is 0 Å². The van der Waals surface area contributed by atoms with Crippen molar-refractivity contribution in [1.29, 1.82) is 0 Å². The smallest absolute Gasteiger partial charge is 0.276 e. The molecule has 9 nitrogen and oxygen atoms in total. The maximum absolute atomic E-state index is 13.2. The van der Waals surface area contributed by atoms with Crippen LogP contribution in [0.2, 0.25) is 5.02 Å². The van der Waals surface area contributed by atoms with Gasteiger partial charge in [0.25, 0.3) is 5.91 Å². The Balaban J connectivity index is 1.18. The van der Waals surface area contributed by atoms with Gasteiger partial charge in [0, 0.05) is 31.2 Å². The Labute approximate surface area is 208 Å². The van der Waals surface area contributed by atoms with Gasteiger partial charge in [-0.2, -0.15) is 0 Å². The van der Waals surface area contributed by atoms with E-state index in [1.54, 1.807) is 33.7 Å². The largest absolute Gasteiger partial charge is 0.497 e. The van der Waals surface area contributed by atoms with Crippen LogP contribution in [0.15, 0.2) is 48.5 Å². The number of rotatable bonds is 5. The molecule has 0 spiro atoms. The molecule has 2 aromatic carbocycles. The first-order valence-corrected chi connectivity index (χ1v) is 11.9. The van der Waals surface area contributed by atoms with Crippen LogP contribution in [-0.4, -0.2) is 69.9 Å². The molecule has 0 bridgehead atoms. The second kappa shape index (κ2) is 10.1. The Bertz CT molecular complexity index is 1200. The van der Waals surface area contributed by atoms with Gasteiger partial charge >= 0.3 is 0 Å². The zero-order valence-corrected chi connectivity index (χ0v) is 20.1. The summed E-state index contributed by atoms with van der Waals surface area (Å²) in [6.07, 6.45) is 0.143. The summed E-state index contributed by atoms with van der Waals surface area (Å²) in [6, 6.07) is 15.0. The quantitative estimate of drug-likeness (QED) is 0.540. The average molecular weight is 496 g/mol. The molecule has 2 aliphatic rings. The molecule has 5 rings (SSSR count). The number of hydrogen-bond acceptors (Lipinski definition) is 6. The predicted octanol–water partition coefficient (Wildman–Crippen LogP) is 2.74. The molecule has 2 aliphatic heterocycles. The molecule has 1 atom stereocenters. The van der Waals surface area contributed by atoms with Crippen LogP contribution in [0.4, 0.5) is 0 Å². The summed E-state index contributed by atoms with van der Waals surface area (Å²) in [5.74, 6) is 0.645. The van der Waals surface area contributed by atoms with Crippen LogP contribution in [0.25, 0.3) is 0 Å². The number of aromatic nitrogens is 3. The maximum Gasteiger partial charge on any atom is 0.276 e. The second-order valence-electron chi connectivity index (χ2n) is 8.62. The molecule has 0 saturated carbocycles. The Kier molecular flexibility index (Phi) is 6.70. The number of carbonyl (C=O) groups excluding carboxylic acids is 2. The van der Waals surface area contributed by atoms with Crippen molar-refractivity contribution < 1.29 is 19.1 Å². The fourth-order valence-corrected chi connectivity index (χ4v) is 4.52. The minimum absolute atomic E-state index is 0.0402. The van der Waals surface area contributed by atoms with Gasteiger partial charge in [0.05, 0.1) is 32.4 Å². The highest BCUT2D eigenvalue weighted by atomic mass is 35.5. The fraction of sp³-hybridized carbons (Fsp3) is 0.360. The molecule has 1 fully saturated rings. The molecule has 3 aromatic rings. The Morgan fingerprint density at radius 3 is 2.40 bits per heavy atom. The minimum atomic E-state index is -0.178. The lowest BCUT2D eigenvalue weighted by atomic mass is 10.1. The number of carbonyl (C=O) groups is 2. The number of piperazine rings is 1. The lowest BCUT2D eigenvalue weighted by Crippen LogP contribution is -2.51. The van der Waals surface area contributed by atoms with Crippen molar-refractivity contribution in [2.75, 3.05) is 33.3 Å². The van der Waals surface area contributed by atoms with Gasteiger partial charge < -0.3 is 19.3 Å². The van der Waals surface area contributed by atoms with Gasteiger partial charge in [-0.25, -0.2) is 4.68 Å². The minimum Gasteiger partial charge on any atom is -0.497 e. The molecule has 1 saturated heterocycles.